The number of nitrogens with two attached hydrogens (primary N) is 2. The van der Waals surface area contributed by atoms with Gasteiger partial charge in [0.05, 0.1) is 36.2 Å². The fourth-order valence-corrected chi connectivity index (χ4v) is 6.61. The van der Waals surface area contributed by atoms with Gasteiger partial charge < -0.3 is 31.2 Å². The fraction of sp³-hybridized carbons (Fsp3) is 0.520. The number of carbonyl (C=O) groups is 1. The number of thiophene rings is 1. The van der Waals surface area contributed by atoms with Crippen LogP contribution in [0.3, 0.4) is 0 Å². The lowest BCUT2D eigenvalue weighted by Gasteiger charge is -2.27. The summed E-state index contributed by atoms with van der Waals surface area (Å²) in [5.74, 6) is 0.0111. The van der Waals surface area contributed by atoms with Gasteiger partial charge in [0, 0.05) is 24.5 Å². The quantitative estimate of drug-likeness (QED) is 0.483. The van der Waals surface area contributed by atoms with Gasteiger partial charge in [-0.05, 0) is 50.7 Å². The third kappa shape index (κ3) is 3.56. The summed E-state index contributed by atoms with van der Waals surface area (Å²) in [6.45, 7) is 3.76. The van der Waals surface area contributed by atoms with Gasteiger partial charge >= 0.3 is 0 Å². The number of nitrogens with zero attached hydrogens (tertiary/aromatic N) is 4. The van der Waals surface area contributed by atoms with Crippen molar-refractivity contribution in [1.82, 2.24) is 20.3 Å². The van der Waals surface area contributed by atoms with E-state index in [0.29, 0.717) is 40.6 Å². The lowest BCUT2D eigenvalue weighted by atomic mass is 9.91. The molecular formula is C25H29N7O3S. The van der Waals surface area contributed by atoms with Crippen molar-refractivity contribution in [2.45, 2.75) is 62.5 Å². The van der Waals surface area contributed by atoms with E-state index in [1.807, 2.05) is 13.0 Å². The van der Waals surface area contributed by atoms with E-state index in [1.54, 1.807) is 6.20 Å². The highest BCUT2D eigenvalue weighted by atomic mass is 32.1. The number of hydrogen-bond acceptors (Lipinski definition) is 10. The zero-order valence-corrected chi connectivity index (χ0v) is 20.9. The van der Waals surface area contributed by atoms with Crippen LogP contribution in [0.15, 0.2) is 18.3 Å². The van der Waals surface area contributed by atoms with Gasteiger partial charge in [0.1, 0.15) is 21.0 Å². The van der Waals surface area contributed by atoms with Crippen LogP contribution in [-0.4, -0.2) is 64.0 Å². The third-order valence-corrected chi connectivity index (χ3v) is 8.93. The van der Waals surface area contributed by atoms with Gasteiger partial charge in [-0.15, -0.1) is 11.3 Å². The highest BCUT2D eigenvalue weighted by molar-refractivity contribution is 7.21. The first-order valence-corrected chi connectivity index (χ1v) is 13.3. The van der Waals surface area contributed by atoms with Gasteiger partial charge in [-0.25, -0.2) is 15.0 Å². The summed E-state index contributed by atoms with van der Waals surface area (Å²) in [5, 5.41) is 3.16. The van der Waals surface area contributed by atoms with Gasteiger partial charge in [-0.1, -0.05) is 6.07 Å². The molecule has 3 unspecified atom stereocenters. The number of anilines is 2. The van der Waals surface area contributed by atoms with Crippen LogP contribution >= 0.6 is 11.3 Å². The molecule has 3 fully saturated rings. The minimum absolute atomic E-state index is 0.0171. The number of pyridine rings is 1. The third-order valence-electron chi connectivity index (χ3n) is 7.84. The first-order chi connectivity index (χ1) is 17.3. The summed E-state index contributed by atoms with van der Waals surface area (Å²) >= 11 is 1.29. The maximum atomic E-state index is 13.0. The number of carbonyl (C=O) groups excluding carboxylic acids is 1. The number of aromatic nitrogens is 3. The van der Waals surface area contributed by atoms with Crippen LogP contribution in [0, 0.1) is 6.92 Å². The number of nitrogen functional groups attached to an aromatic ring is 1. The summed E-state index contributed by atoms with van der Waals surface area (Å²) in [7, 11) is 0. The van der Waals surface area contributed by atoms with Crippen LogP contribution in [0.2, 0.25) is 0 Å². The average molecular weight is 508 g/mol. The molecule has 1 amide bonds. The lowest BCUT2D eigenvalue weighted by molar-refractivity contribution is -0.163. The van der Waals surface area contributed by atoms with Crippen molar-refractivity contribution in [2.75, 3.05) is 30.3 Å². The van der Waals surface area contributed by atoms with Crippen LogP contribution in [0.1, 0.15) is 45.9 Å². The maximum absolute atomic E-state index is 13.0. The molecule has 188 valence electrons. The molecule has 10 nitrogen and oxygen atoms in total. The maximum Gasteiger partial charge on any atom is 0.263 e. The van der Waals surface area contributed by atoms with Gasteiger partial charge in [0.2, 0.25) is 5.79 Å². The molecule has 0 bridgehead atoms. The molecule has 2 aliphatic carbocycles. The Morgan fingerprint density at radius 1 is 1.31 bits per heavy atom. The summed E-state index contributed by atoms with van der Waals surface area (Å²) in [4.78, 5) is 30.1. The largest absolute Gasteiger partial charge is 0.396 e. The number of amides is 1. The number of ether oxygens (including phenoxy) is 2. The van der Waals surface area contributed by atoms with Crippen LogP contribution < -0.4 is 21.7 Å². The van der Waals surface area contributed by atoms with Crippen molar-refractivity contribution in [3.8, 4) is 0 Å². The topological polar surface area (TPSA) is 142 Å². The molecule has 36 heavy (non-hydrogen) atoms. The summed E-state index contributed by atoms with van der Waals surface area (Å²) < 4.78 is 12.4. The van der Waals surface area contributed by atoms with E-state index in [0.717, 1.165) is 54.9 Å². The van der Waals surface area contributed by atoms with E-state index < -0.39 is 5.79 Å². The van der Waals surface area contributed by atoms with Gasteiger partial charge in [0.15, 0.2) is 0 Å². The number of rotatable bonds is 3. The molecule has 3 aromatic rings. The standard InChI is InChI=1S/C25H29N7O3S/c1-13-9-28-20-19(27)21(36-23(20)29-13)22(33)30-15-3-4-16-14(8-15)2-5-18(31-16)32-10-17(26)25(11-32)34-12-24(35-25)6-7-24/h2,5,9,15,17H,3-4,6-8,10-12,26-27H2,1H3,(H,30,33). The molecule has 5 heterocycles. The second-order valence-corrected chi connectivity index (χ2v) is 11.6. The van der Waals surface area contributed by atoms with E-state index in [4.69, 9.17) is 25.9 Å². The number of fused-ring (bicyclic) bond motifs is 2. The molecule has 7 rings (SSSR count). The van der Waals surface area contributed by atoms with Crippen LogP contribution in [0.25, 0.3) is 10.3 Å². The molecule has 1 saturated carbocycles. The second kappa shape index (κ2) is 7.82. The van der Waals surface area contributed by atoms with Crippen LogP contribution in [-0.2, 0) is 22.3 Å². The zero-order chi connectivity index (χ0) is 24.7. The second-order valence-electron chi connectivity index (χ2n) is 10.6. The van der Waals surface area contributed by atoms with Crippen molar-refractivity contribution in [3.05, 3.63) is 40.2 Å². The molecule has 11 heteroatoms. The Kier molecular flexibility index (Phi) is 4.85. The van der Waals surface area contributed by atoms with E-state index in [1.165, 1.54) is 11.3 Å². The molecule has 2 spiro atoms. The van der Waals surface area contributed by atoms with E-state index in [-0.39, 0.29) is 23.6 Å². The van der Waals surface area contributed by atoms with E-state index >= 15 is 0 Å². The highest BCUT2D eigenvalue weighted by Crippen LogP contribution is 2.51. The predicted octanol–water partition coefficient (Wildman–Crippen LogP) is 1.69. The predicted molar refractivity (Wildman–Crippen MR) is 136 cm³/mol. The highest BCUT2D eigenvalue weighted by Gasteiger charge is 2.62. The van der Waals surface area contributed by atoms with Crippen molar-refractivity contribution >= 4 is 39.1 Å². The Balaban J connectivity index is 1.04. The van der Waals surface area contributed by atoms with Gasteiger partial charge in [-0.2, -0.15) is 0 Å². The van der Waals surface area contributed by atoms with Crippen molar-refractivity contribution in [1.29, 1.82) is 0 Å². The zero-order valence-electron chi connectivity index (χ0n) is 20.1. The normalized spacial score (nSPS) is 28.2. The van der Waals surface area contributed by atoms with Gasteiger partial charge in [0.25, 0.3) is 5.91 Å². The number of nitrogens with one attached hydrogen (secondary N) is 1. The summed E-state index contributed by atoms with van der Waals surface area (Å²) in [6.07, 6.45) is 6.11. The minimum atomic E-state index is -0.721. The molecule has 0 aromatic carbocycles. The Bertz CT molecular complexity index is 1390. The molecular weight excluding hydrogens is 478 g/mol. The van der Waals surface area contributed by atoms with Crippen LogP contribution in [0.4, 0.5) is 11.5 Å². The molecule has 3 atom stereocenters. The molecule has 2 aliphatic heterocycles. The van der Waals surface area contributed by atoms with E-state index in [2.05, 4.69) is 26.3 Å². The first-order valence-electron chi connectivity index (χ1n) is 12.5. The Labute approximate surface area is 212 Å². The summed E-state index contributed by atoms with van der Waals surface area (Å²) in [5.41, 5.74) is 16.6. The van der Waals surface area contributed by atoms with Crippen molar-refractivity contribution in [2.24, 2.45) is 5.73 Å². The fourth-order valence-electron chi connectivity index (χ4n) is 5.61. The minimum Gasteiger partial charge on any atom is -0.396 e. The van der Waals surface area contributed by atoms with E-state index in [9.17, 15) is 4.79 Å². The Morgan fingerprint density at radius 3 is 2.97 bits per heavy atom. The van der Waals surface area contributed by atoms with Crippen molar-refractivity contribution in [3.63, 3.8) is 0 Å². The SMILES string of the molecule is Cc1cnc2c(N)c(C(=O)NC3CCc4nc(N5CC(N)C6(C5)OCC5(CC5)O6)ccc4C3)sc2n1. The molecule has 3 aromatic heterocycles. The Morgan fingerprint density at radius 2 is 2.17 bits per heavy atom. The molecule has 4 aliphatic rings. The first kappa shape index (κ1) is 22.3. The summed E-state index contributed by atoms with van der Waals surface area (Å²) in [6, 6.07) is 3.98. The van der Waals surface area contributed by atoms with Crippen molar-refractivity contribution < 1.29 is 14.3 Å². The molecule has 5 N–H and O–H groups in total. The average Bonchev–Trinajstić information content (AvgIpc) is 3.23. The molecule has 0 radical (unpaired) electrons. The van der Waals surface area contributed by atoms with Gasteiger partial charge in [-0.3, -0.25) is 4.79 Å². The number of aryl methyl sites for hydroxylation is 2. The lowest BCUT2D eigenvalue weighted by Crippen LogP contribution is -2.48. The monoisotopic (exact) mass is 507 g/mol. The van der Waals surface area contributed by atoms with Crippen LogP contribution in [0.5, 0.6) is 0 Å². The number of hydrogen-bond donors (Lipinski definition) is 3. The molecule has 2 saturated heterocycles. The Hall–Kier alpha value is -2.86. The smallest absolute Gasteiger partial charge is 0.263 e.